The first-order valence-electron chi connectivity index (χ1n) is 8.48. The number of nitrogens with one attached hydrogen (secondary N) is 2. The van der Waals surface area contributed by atoms with Gasteiger partial charge in [-0.15, -0.1) is 0 Å². The van der Waals surface area contributed by atoms with Crippen molar-refractivity contribution in [2.75, 3.05) is 5.32 Å². The molecule has 140 valence electrons. The molecule has 2 N–H and O–H groups in total. The Hall–Kier alpha value is -2.89. The number of pyridine rings is 1. The third kappa shape index (κ3) is 5.58. The van der Waals surface area contributed by atoms with Gasteiger partial charge in [-0.05, 0) is 46.5 Å². The molecular weight excluding hydrogens is 338 g/mol. The van der Waals surface area contributed by atoms with Crippen LogP contribution in [-0.2, 0) is 4.74 Å². The quantitative estimate of drug-likeness (QED) is 0.622. The average Bonchev–Trinajstić information content (AvgIpc) is 2.53. The molecule has 0 unspecified atom stereocenters. The molecule has 1 amide bonds. The summed E-state index contributed by atoms with van der Waals surface area (Å²) in [5.41, 5.74) is -0.662. The summed E-state index contributed by atoms with van der Waals surface area (Å²) >= 11 is 0. The fraction of sp³-hybridized carbons (Fsp3) is 0.588. The van der Waals surface area contributed by atoms with Crippen molar-refractivity contribution in [3.05, 3.63) is 27.9 Å². The highest BCUT2D eigenvalue weighted by atomic mass is 16.6. The van der Waals surface area contributed by atoms with Crippen LogP contribution in [0.3, 0.4) is 0 Å². The van der Waals surface area contributed by atoms with Crippen molar-refractivity contribution in [1.82, 2.24) is 10.3 Å². The summed E-state index contributed by atoms with van der Waals surface area (Å²) in [6.07, 6.45) is 3.94. The van der Waals surface area contributed by atoms with Crippen LogP contribution in [0.2, 0.25) is 0 Å². The fourth-order valence-electron chi connectivity index (χ4n) is 2.88. The minimum absolute atomic E-state index is 0.0668. The maximum atomic E-state index is 11.9. The molecule has 1 aliphatic carbocycles. The van der Waals surface area contributed by atoms with E-state index in [0.29, 0.717) is 6.42 Å². The molecule has 0 spiro atoms. The lowest BCUT2D eigenvalue weighted by Gasteiger charge is -2.31. The van der Waals surface area contributed by atoms with Gasteiger partial charge in [0.15, 0.2) is 0 Å². The van der Waals surface area contributed by atoms with E-state index in [4.69, 9.17) is 10.00 Å². The van der Waals surface area contributed by atoms with Crippen LogP contribution < -0.4 is 10.6 Å². The molecule has 26 heavy (non-hydrogen) atoms. The molecule has 0 aliphatic heterocycles. The Bertz CT molecular complexity index is 723. The van der Waals surface area contributed by atoms with Crippen molar-refractivity contribution in [3.8, 4) is 6.07 Å². The molecule has 0 aromatic carbocycles. The highest BCUT2D eigenvalue weighted by Crippen LogP contribution is 2.27. The van der Waals surface area contributed by atoms with E-state index in [9.17, 15) is 14.9 Å². The molecular formula is C17H23N5O4. The molecule has 0 saturated heterocycles. The second-order valence-electron chi connectivity index (χ2n) is 7.31. The van der Waals surface area contributed by atoms with Gasteiger partial charge in [-0.2, -0.15) is 5.26 Å². The largest absolute Gasteiger partial charge is 0.444 e. The number of carbonyl (C=O) groups is 1. The number of nitriles is 1. The first kappa shape index (κ1) is 19.4. The molecule has 0 bridgehead atoms. The number of ether oxygens (including phenoxy) is 1. The van der Waals surface area contributed by atoms with Gasteiger partial charge in [-0.1, -0.05) is 0 Å². The molecule has 2 atom stereocenters. The molecule has 9 nitrogen and oxygen atoms in total. The average molecular weight is 361 g/mol. The monoisotopic (exact) mass is 361 g/mol. The number of anilines is 1. The molecule has 1 heterocycles. The van der Waals surface area contributed by atoms with Crippen molar-refractivity contribution in [2.45, 2.75) is 64.1 Å². The summed E-state index contributed by atoms with van der Waals surface area (Å²) in [6.45, 7) is 5.40. The van der Waals surface area contributed by atoms with Crippen LogP contribution in [0.15, 0.2) is 12.3 Å². The van der Waals surface area contributed by atoms with Crippen molar-refractivity contribution >= 4 is 17.6 Å². The van der Waals surface area contributed by atoms with Crippen LogP contribution in [0.4, 0.5) is 16.3 Å². The van der Waals surface area contributed by atoms with E-state index >= 15 is 0 Å². The minimum Gasteiger partial charge on any atom is -0.444 e. The second kappa shape index (κ2) is 7.99. The SMILES string of the molecule is CC(C)(C)OC(=O)N[C@@H]1CCC[C@H](Nc2ncc(C#N)cc2[N+](=O)[O-])C1. The number of amides is 1. The summed E-state index contributed by atoms with van der Waals surface area (Å²) in [5, 5.41) is 26.0. The number of aromatic nitrogens is 1. The van der Waals surface area contributed by atoms with Gasteiger partial charge in [0.1, 0.15) is 11.7 Å². The van der Waals surface area contributed by atoms with Crippen LogP contribution in [0, 0.1) is 21.4 Å². The number of nitrogens with zero attached hydrogens (tertiary/aromatic N) is 3. The summed E-state index contributed by atoms with van der Waals surface area (Å²) in [7, 11) is 0. The Morgan fingerprint density at radius 2 is 2.12 bits per heavy atom. The Morgan fingerprint density at radius 1 is 1.42 bits per heavy atom. The van der Waals surface area contributed by atoms with Gasteiger partial charge >= 0.3 is 11.8 Å². The Balaban J connectivity index is 2.01. The molecule has 1 aromatic heterocycles. The van der Waals surface area contributed by atoms with Gasteiger partial charge < -0.3 is 15.4 Å². The van der Waals surface area contributed by atoms with Gasteiger partial charge in [0.2, 0.25) is 5.82 Å². The van der Waals surface area contributed by atoms with Crippen molar-refractivity contribution < 1.29 is 14.5 Å². The molecule has 1 aromatic rings. The van der Waals surface area contributed by atoms with Gasteiger partial charge in [-0.25, -0.2) is 9.78 Å². The highest BCUT2D eigenvalue weighted by molar-refractivity contribution is 5.68. The van der Waals surface area contributed by atoms with E-state index in [2.05, 4.69) is 15.6 Å². The van der Waals surface area contributed by atoms with E-state index in [0.717, 1.165) is 19.3 Å². The lowest BCUT2D eigenvalue weighted by atomic mass is 9.91. The predicted molar refractivity (Wildman–Crippen MR) is 94.6 cm³/mol. The standard InChI is InChI=1S/C17H23N5O4/c1-17(2,3)26-16(23)21-13-6-4-5-12(8-13)20-15-14(22(24)25)7-11(9-18)10-19-15/h7,10,12-13H,4-6,8H2,1-3H3,(H,19,20)(H,21,23)/t12-,13+/m0/s1. The number of nitro groups is 1. The van der Waals surface area contributed by atoms with Crippen molar-refractivity contribution in [3.63, 3.8) is 0 Å². The van der Waals surface area contributed by atoms with Gasteiger partial charge in [0.25, 0.3) is 0 Å². The van der Waals surface area contributed by atoms with Crippen LogP contribution >= 0.6 is 0 Å². The topological polar surface area (TPSA) is 130 Å². The van der Waals surface area contributed by atoms with Crippen LogP contribution in [-0.4, -0.2) is 33.7 Å². The zero-order chi connectivity index (χ0) is 19.3. The summed E-state index contributed by atoms with van der Waals surface area (Å²) < 4.78 is 5.27. The molecule has 0 radical (unpaired) electrons. The fourth-order valence-corrected chi connectivity index (χ4v) is 2.88. The summed E-state index contributed by atoms with van der Waals surface area (Å²) in [4.78, 5) is 26.6. The van der Waals surface area contributed by atoms with E-state index in [-0.39, 0.29) is 29.2 Å². The lowest BCUT2D eigenvalue weighted by molar-refractivity contribution is -0.384. The number of rotatable bonds is 4. The van der Waals surface area contributed by atoms with Crippen molar-refractivity contribution in [2.24, 2.45) is 0 Å². The van der Waals surface area contributed by atoms with Crippen LogP contribution in [0.5, 0.6) is 0 Å². The molecule has 9 heteroatoms. The van der Waals surface area contributed by atoms with Gasteiger partial charge in [0.05, 0.1) is 10.5 Å². The lowest BCUT2D eigenvalue weighted by Crippen LogP contribution is -2.44. The molecule has 2 rings (SSSR count). The maximum Gasteiger partial charge on any atom is 0.407 e. The van der Waals surface area contributed by atoms with E-state index < -0.39 is 16.6 Å². The minimum atomic E-state index is -0.566. The number of alkyl carbamates (subject to hydrolysis) is 1. The Labute approximate surface area is 151 Å². The van der Waals surface area contributed by atoms with Crippen LogP contribution in [0.25, 0.3) is 0 Å². The molecule has 1 aliphatic rings. The zero-order valence-electron chi connectivity index (χ0n) is 15.1. The van der Waals surface area contributed by atoms with E-state index in [1.54, 1.807) is 20.8 Å². The first-order valence-corrected chi connectivity index (χ1v) is 8.48. The third-order valence-electron chi connectivity index (χ3n) is 3.93. The number of carbonyl (C=O) groups excluding carboxylic acids is 1. The number of hydrogen-bond acceptors (Lipinski definition) is 7. The summed E-state index contributed by atoms with van der Waals surface area (Å²) in [5.74, 6) is 0.136. The maximum absolute atomic E-state index is 11.9. The first-order chi connectivity index (χ1) is 12.2. The van der Waals surface area contributed by atoms with Gasteiger partial charge in [0, 0.05) is 24.3 Å². The van der Waals surface area contributed by atoms with E-state index in [1.165, 1.54) is 12.3 Å². The smallest absolute Gasteiger partial charge is 0.407 e. The molecule has 1 saturated carbocycles. The third-order valence-corrected chi connectivity index (χ3v) is 3.93. The Kier molecular flexibility index (Phi) is 5.97. The normalized spacial score (nSPS) is 19.9. The van der Waals surface area contributed by atoms with E-state index in [1.807, 2.05) is 6.07 Å². The molecule has 1 fully saturated rings. The predicted octanol–water partition coefficient (Wildman–Crippen LogP) is 3.11. The van der Waals surface area contributed by atoms with Gasteiger partial charge in [-0.3, -0.25) is 10.1 Å². The zero-order valence-corrected chi connectivity index (χ0v) is 15.1. The Morgan fingerprint density at radius 3 is 2.73 bits per heavy atom. The van der Waals surface area contributed by atoms with Crippen molar-refractivity contribution in [1.29, 1.82) is 5.26 Å². The number of hydrogen-bond donors (Lipinski definition) is 2. The highest BCUT2D eigenvalue weighted by Gasteiger charge is 2.27. The van der Waals surface area contributed by atoms with Crippen LogP contribution in [0.1, 0.15) is 52.0 Å². The summed E-state index contributed by atoms with van der Waals surface area (Å²) in [6, 6.07) is 2.90. The second-order valence-corrected chi connectivity index (χ2v) is 7.31.